The Bertz CT molecular complexity index is 1100. The second kappa shape index (κ2) is 9.80. The fraction of sp³-hybridized carbons (Fsp3) is 0.440. The number of allylic oxidation sites excluding steroid dienone is 1. The monoisotopic (exact) mass is 460 g/mol. The van der Waals surface area contributed by atoms with Gasteiger partial charge in [-0.1, -0.05) is 6.92 Å². The highest BCUT2D eigenvalue weighted by Gasteiger charge is 2.37. The predicted molar refractivity (Wildman–Crippen MR) is 132 cm³/mol. The Labute approximate surface area is 200 Å². The summed E-state index contributed by atoms with van der Waals surface area (Å²) in [5.41, 5.74) is 6.59. The first-order chi connectivity index (χ1) is 16.7. The molecule has 0 bridgehead atoms. The van der Waals surface area contributed by atoms with E-state index < -0.39 is 0 Å². The van der Waals surface area contributed by atoms with Gasteiger partial charge in [-0.25, -0.2) is 20.0 Å². The van der Waals surface area contributed by atoms with E-state index in [2.05, 4.69) is 43.5 Å². The van der Waals surface area contributed by atoms with Gasteiger partial charge in [0.1, 0.15) is 23.7 Å². The van der Waals surface area contributed by atoms with E-state index in [1.807, 2.05) is 29.6 Å². The van der Waals surface area contributed by atoms with Crippen LogP contribution in [0.2, 0.25) is 0 Å². The number of likely N-dealkylation sites (tertiary alicyclic amines) is 1. The van der Waals surface area contributed by atoms with E-state index in [-0.39, 0.29) is 0 Å². The Morgan fingerprint density at radius 3 is 2.62 bits per heavy atom. The molecular formula is C25H32N8O. The van der Waals surface area contributed by atoms with Crippen molar-refractivity contribution in [3.63, 3.8) is 0 Å². The third-order valence-corrected chi connectivity index (χ3v) is 6.41. The quantitative estimate of drug-likeness (QED) is 0.688. The van der Waals surface area contributed by atoms with Gasteiger partial charge in [0.05, 0.1) is 30.9 Å². The van der Waals surface area contributed by atoms with Crippen LogP contribution in [0.15, 0.2) is 70.4 Å². The predicted octanol–water partition coefficient (Wildman–Crippen LogP) is 3.34. The Hall–Kier alpha value is -3.46. The molecule has 6 heterocycles. The highest BCUT2D eigenvalue weighted by atomic mass is 16.7. The van der Waals surface area contributed by atoms with Gasteiger partial charge in [0, 0.05) is 44.8 Å². The molecule has 178 valence electrons. The first kappa shape index (κ1) is 22.3. The van der Waals surface area contributed by atoms with Crippen LogP contribution in [0.5, 0.6) is 0 Å². The van der Waals surface area contributed by atoms with E-state index in [0.29, 0.717) is 5.65 Å². The minimum absolute atomic E-state index is 0.699. The summed E-state index contributed by atoms with van der Waals surface area (Å²) in [7, 11) is 1.71. The second-order valence-electron chi connectivity index (χ2n) is 8.80. The molecule has 1 fully saturated rings. The van der Waals surface area contributed by atoms with Gasteiger partial charge in [0.2, 0.25) is 0 Å². The zero-order chi connectivity index (χ0) is 23.5. The molecule has 0 radical (unpaired) electrons. The molecule has 0 unspecified atom stereocenters. The molecule has 0 atom stereocenters. The lowest BCUT2D eigenvalue weighted by Crippen LogP contribution is -2.44. The van der Waals surface area contributed by atoms with Crippen molar-refractivity contribution in [2.75, 3.05) is 40.0 Å². The van der Waals surface area contributed by atoms with Gasteiger partial charge < -0.3 is 14.7 Å². The Kier molecular flexibility index (Phi) is 6.44. The molecule has 4 aliphatic rings. The molecule has 9 nitrogen and oxygen atoms in total. The van der Waals surface area contributed by atoms with Gasteiger partial charge in [0.25, 0.3) is 0 Å². The summed E-state index contributed by atoms with van der Waals surface area (Å²) in [6.07, 6.45) is 12.7. The first-order valence-electron chi connectivity index (χ1n) is 12.0. The molecule has 9 heteroatoms. The van der Waals surface area contributed by atoms with Gasteiger partial charge in [-0.15, -0.1) is 0 Å². The van der Waals surface area contributed by atoms with Crippen LogP contribution in [0.3, 0.4) is 0 Å². The van der Waals surface area contributed by atoms with Gasteiger partial charge in [-0.2, -0.15) is 0 Å². The second-order valence-corrected chi connectivity index (χ2v) is 8.80. The number of hydrogen-bond donors (Lipinski definition) is 0. The highest BCUT2D eigenvalue weighted by Crippen LogP contribution is 2.39. The summed E-state index contributed by atoms with van der Waals surface area (Å²) in [5.74, 6) is 1.25. The first-order valence-corrected chi connectivity index (χ1v) is 12.0. The van der Waals surface area contributed by atoms with E-state index in [0.717, 1.165) is 56.2 Å². The number of nitrogens with zero attached hydrogens (tertiary/aromatic N) is 8. The number of rotatable bonds is 4. The number of hydrogen-bond acceptors (Lipinski definition) is 9. The highest BCUT2D eigenvalue weighted by molar-refractivity contribution is 5.82. The third kappa shape index (κ3) is 4.23. The standard InChI is InChI=1S/C18H27N5O.C7H5N3/c1-4-7-21-11-14(2)17(20-8-5-6-9-20)16-18(21)23-13-22(24-3)12-15(23)10-19-16;1-2-6-7(9-3-1)10-5-4-8-6/h10,12H,4-9,11,13H2,1-3H3;1-5H. The summed E-state index contributed by atoms with van der Waals surface area (Å²) in [4.78, 5) is 29.7. The van der Waals surface area contributed by atoms with Crippen molar-refractivity contribution in [2.24, 2.45) is 4.99 Å². The van der Waals surface area contributed by atoms with Gasteiger partial charge in [0.15, 0.2) is 5.65 Å². The maximum Gasteiger partial charge on any atom is 0.178 e. The summed E-state index contributed by atoms with van der Waals surface area (Å²) < 4.78 is 0. The van der Waals surface area contributed by atoms with Crippen molar-refractivity contribution in [1.82, 2.24) is 34.7 Å². The Morgan fingerprint density at radius 2 is 1.85 bits per heavy atom. The summed E-state index contributed by atoms with van der Waals surface area (Å²) in [6.45, 7) is 9.58. The van der Waals surface area contributed by atoms with Crippen LogP contribution in [0.4, 0.5) is 0 Å². The van der Waals surface area contributed by atoms with E-state index in [1.54, 1.807) is 25.7 Å². The van der Waals surface area contributed by atoms with Crippen molar-refractivity contribution in [3.05, 3.63) is 65.4 Å². The molecule has 0 aliphatic carbocycles. The Balaban J connectivity index is 0.000000200. The van der Waals surface area contributed by atoms with E-state index in [4.69, 9.17) is 9.83 Å². The lowest BCUT2D eigenvalue weighted by Gasteiger charge is -2.42. The molecular weight excluding hydrogens is 428 g/mol. The fourth-order valence-electron chi connectivity index (χ4n) is 4.95. The van der Waals surface area contributed by atoms with Crippen molar-refractivity contribution in [3.8, 4) is 0 Å². The molecule has 6 rings (SSSR count). The molecule has 0 spiro atoms. The smallest absolute Gasteiger partial charge is 0.178 e. The summed E-state index contributed by atoms with van der Waals surface area (Å²) in [5, 5.41) is 1.86. The number of aromatic nitrogens is 3. The minimum Gasteiger partial charge on any atom is -0.370 e. The van der Waals surface area contributed by atoms with Gasteiger partial charge in [-0.05, 0) is 43.9 Å². The fourth-order valence-corrected chi connectivity index (χ4v) is 4.95. The average molecular weight is 461 g/mol. The largest absolute Gasteiger partial charge is 0.370 e. The van der Waals surface area contributed by atoms with Crippen molar-refractivity contribution in [2.45, 2.75) is 33.1 Å². The number of aliphatic imine (C=N–C) groups is 1. The molecule has 34 heavy (non-hydrogen) atoms. The maximum atomic E-state index is 5.42. The van der Waals surface area contributed by atoms with E-state index in [1.165, 1.54) is 29.9 Å². The van der Waals surface area contributed by atoms with Crippen molar-refractivity contribution < 1.29 is 4.84 Å². The number of hydroxylamine groups is 2. The minimum atomic E-state index is 0.699. The molecule has 2 aromatic heterocycles. The van der Waals surface area contributed by atoms with Gasteiger partial charge >= 0.3 is 0 Å². The van der Waals surface area contributed by atoms with E-state index >= 15 is 0 Å². The van der Waals surface area contributed by atoms with E-state index in [9.17, 15) is 0 Å². The Morgan fingerprint density at radius 1 is 1.06 bits per heavy atom. The van der Waals surface area contributed by atoms with Crippen molar-refractivity contribution in [1.29, 1.82) is 0 Å². The molecule has 0 saturated carbocycles. The topological polar surface area (TPSA) is 73.2 Å². The number of pyridine rings is 1. The van der Waals surface area contributed by atoms with Crippen LogP contribution in [0, 0.1) is 0 Å². The van der Waals surface area contributed by atoms with Crippen LogP contribution in [-0.2, 0) is 4.84 Å². The zero-order valence-corrected chi connectivity index (χ0v) is 20.2. The normalized spacial score (nSPS) is 19.4. The molecule has 0 amide bonds. The van der Waals surface area contributed by atoms with Gasteiger partial charge in [-0.3, -0.25) is 9.82 Å². The lowest BCUT2D eigenvalue weighted by molar-refractivity contribution is -0.0971. The lowest BCUT2D eigenvalue weighted by atomic mass is 10.0. The third-order valence-electron chi connectivity index (χ3n) is 6.41. The van der Waals surface area contributed by atoms with Crippen LogP contribution in [0.1, 0.15) is 33.1 Å². The SMILES string of the molecule is CCCN1CC(C)=C(N2CCCC2)C2=C1N1CN(OC)C=C1C=N2.c1cnc2nccnc2c1. The molecule has 4 aliphatic heterocycles. The summed E-state index contributed by atoms with van der Waals surface area (Å²) >= 11 is 0. The van der Waals surface area contributed by atoms with Crippen LogP contribution < -0.4 is 0 Å². The number of fused-ring (bicyclic) bond motifs is 3. The molecule has 2 aromatic rings. The molecule has 0 N–H and O–H groups in total. The maximum absolute atomic E-state index is 5.42. The van der Waals surface area contributed by atoms with Crippen LogP contribution in [0.25, 0.3) is 11.2 Å². The average Bonchev–Trinajstić information content (AvgIpc) is 3.54. The zero-order valence-electron chi connectivity index (χ0n) is 20.2. The summed E-state index contributed by atoms with van der Waals surface area (Å²) in [6, 6.07) is 3.73. The molecule has 0 aromatic carbocycles. The van der Waals surface area contributed by atoms with Crippen LogP contribution in [-0.4, -0.2) is 80.9 Å². The van der Waals surface area contributed by atoms with Crippen molar-refractivity contribution >= 4 is 17.4 Å². The van der Waals surface area contributed by atoms with Crippen LogP contribution >= 0.6 is 0 Å². The molecule has 1 saturated heterocycles.